The molecule has 9 rings (SSSR count). The molecule has 0 atom stereocenters. The number of hydrogen-bond donors (Lipinski definition) is 4. The largest absolute Gasteiger partial charge is 0.395 e. The smallest absolute Gasteiger partial charge is 0.224 e. The van der Waals surface area contributed by atoms with Gasteiger partial charge in [-0.3, -0.25) is 14.4 Å². The molecule has 0 spiro atoms. The zero-order chi connectivity index (χ0) is 59.0. The highest BCUT2D eigenvalue weighted by Crippen LogP contribution is 2.27. The van der Waals surface area contributed by atoms with Crippen LogP contribution in [-0.4, -0.2) is 56.9 Å². The van der Waals surface area contributed by atoms with E-state index in [1.165, 1.54) is 44.3 Å². The van der Waals surface area contributed by atoms with Crippen molar-refractivity contribution in [2.24, 2.45) is 0 Å². The monoisotopic (exact) mass is 1100 g/mol. The van der Waals surface area contributed by atoms with Gasteiger partial charge in [-0.25, -0.2) is 0 Å². The number of ether oxygens (including phenoxy) is 1. The number of rotatable bonds is 19. The second-order valence-corrected chi connectivity index (χ2v) is 24.5. The zero-order valence-electron chi connectivity index (χ0n) is 50.5. The molecule has 0 aliphatic heterocycles. The van der Waals surface area contributed by atoms with Crippen LogP contribution < -0.4 is 16.0 Å². The molecule has 0 unspecified atom stereocenters. The van der Waals surface area contributed by atoms with Gasteiger partial charge in [0.05, 0.1) is 24.2 Å². The van der Waals surface area contributed by atoms with E-state index >= 15 is 0 Å². The third kappa shape index (κ3) is 17.9. The number of benzene rings is 6. The van der Waals surface area contributed by atoms with Crippen LogP contribution in [0.5, 0.6) is 0 Å². The molecule has 0 bridgehead atoms. The molecule has 3 aromatic heterocycles. The Morgan fingerprint density at radius 1 is 0.427 bits per heavy atom. The van der Waals surface area contributed by atoms with Crippen molar-refractivity contribution in [3.63, 3.8) is 0 Å². The normalized spacial score (nSPS) is 11.7. The molecule has 4 N–H and O–H groups in total. The molecule has 0 radical (unpaired) electrons. The van der Waals surface area contributed by atoms with Gasteiger partial charge in [0.2, 0.25) is 17.7 Å². The summed E-state index contributed by atoms with van der Waals surface area (Å²) in [5, 5.41) is 21.6. The summed E-state index contributed by atoms with van der Waals surface area (Å²) in [6, 6.07) is 49.9. The number of carbonyl (C=O) groups excluding carboxylic acids is 3. The van der Waals surface area contributed by atoms with Gasteiger partial charge in [-0.05, 0) is 147 Å². The highest BCUT2D eigenvalue weighted by atomic mass is 16.5. The number of hydrogen-bond acceptors (Lipinski definition) is 5. The molecule has 432 valence electrons. The van der Waals surface area contributed by atoms with E-state index in [2.05, 4.69) is 204 Å². The van der Waals surface area contributed by atoms with E-state index in [-0.39, 0.29) is 40.6 Å². The van der Waals surface area contributed by atoms with E-state index in [0.29, 0.717) is 32.4 Å². The van der Waals surface area contributed by atoms with Gasteiger partial charge in [0.15, 0.2) is 0 Å². The second kappa shape index (κ2) is 28.3. The fourth-order valence-electron chi connectivity index (χ4n) is 9.88. The van der Waals surface area contributed by atoms with Gasteiger partial charge < -0.3 is 39.5 Å². The second-order valence-electron chi connectivity index (χ2n) is 24.5. The molecule has 9 aromatic rings. The Balaban J connectivity index is 0.000000177. The number of nitrogens with zero attached hydrogens (tertiary/aromatic N) is 3. The average molecular weight is 1110 g/mol. The van der Waals surface area contributed by atoms with Crippen LogP contribution in [-0.2, 0) is 74.3 Å². The summed E-state index contributed by atoms with van der Waals surface area (Å²) >= 11 is 0. The first-order valence-corrected chi connectivity index (χ1v) is 29.1. The lowest BCUT2D eigenvalue weighted by Crippen LogP contribution is -2.13. The van der Waals surface area contributed by atoms with Gasteiger partial charge in [0, 0.05) is 92.6 Å². The lowest BCUT2D eigenvalue weighted by Gasteiger charge is -2.19. The molecule has 11 heteroatoms. The molecular formula is C71H88N6O5. The zero-order valence-corrected chi connectivity index (χ0v) is 50.5. The van der Waals surface area contributed by atoms with Crippen molar-refractivity contribution in [2.75, 3.05) is 36.3 Å². The van der Waals surface area contributed by atoms with Gasteiger partial charge in [-0.1, -0.05) is 154 Å². The molecule has 0 aliphatic rings. The van der Waals surface area contributed by atoms with Crippen LogP contribution in [0.25, 0.3) is 32.7 Å². The van der Waals surface area contributed by atoms with Crippen molar-refractivity contribution in [2.45, 2.75) is 150 Å². The number of nitrogens with one attached hydrogen (secondary N) is 3. The Hall–Kier alpha value is -7.73. The summed E-state index contributed by atoms with van der Waals surface area (Å²) in [5.74, 6) is 0.107. The Morgan fingerprint density at radius 3 is 1.15 bits per heavy atom. The molecule has 0 fully saturated rings. The van der Waals surface area contributed by atoms with Crippen molar-refractivity contribution in [1.29, 1.82) is 0 Å². The summed E-state index contributed by atoms with van der Waals surface area (Å²) in [6.45, 7) is 25.1. The fourth-order valence-corrected chi connectivity index (χ4v) is 9.88. The minimum Gasteiger partial charge on any atom is -0.395 e. The predicted molar refractivity (Wildman–Crippen MR) is 341 cm³/mol. The molecule has 82 heavy (non-hydrogen) atoms. The number of amides is 3. The number of aryl methyl sites for hydroxylation is 4. The van der Waals surface area contributed by atoms with Crippen molar-refractivity contribution in [3.8, 4) is 0 Å². The van der Waals surface area contributed by atoms with Gasteiger partial charge in [0.1, 0.15) is 0 Å². The van der Waals surface area contributed by atoms with Crippen molar-refractivity contribution < 1.29 is 24.2 Å². The minimum atomic E-state index is 0.00881. The van der Waals surface area contributed by atoms with Crippen LogP contribution in [0.2, 0.25) is 0 Å². The van der Waals surface area contributed by atoms with E-state index in [1.807, 2.05) is 59.3 Å². The molecule has 3 heterocycles. The topological polar surface area (TPSA) is 132 Å². The van der Waals surface area contributed by atoms with Gasteiger partial charge in [-0.15, -0.1) is 0 Å². The number of anilines is 3. The number of methoxy groups -OCH3 is 1. The molecule has 3 amide bonds. The van der Waals surface area contributed by atoms with Crippen LogP contribution in [0.3, 0.4) is 0 Å². The standard InChI is InChI=1S/C24H30N2O2.C24H30N2O.C23H28N2O2/c1-24(2,3)20-8-5-18(6-9-20)7-12-23(27)25-21-10-11-22-19(17-21)13-14-26(22)15-16-28-4;1-5-15-26-16-14-19-9-12-21(17-22(19)26)25-23(27)13-8-18-6-10-20(11-7-18)24(2,3)4;1-23(2,3)19-8-4-17(5-9-19)6-11-22(27)24-20-10-7-18-12-13-25(14-15-26)21(18)16-20/h5-6,8-11,13-14,17H,7,12,15-16H2,1-4H3,(H,25,27);6-7,9-12,14,16-17H,5,8,13,15H2,1-4H3,(H,25,27);4-5,7-10,12-13,16,26H,6,11,14-15H2,1-3H3,(H,24,27). The molecule has 11 nitrogen and oxygen atoms in total. The average Bonchev–Trinajstić information content (AvgIpc) is 4.39. The molecule has 0 saturated carbocycles. The number of aliphatic hydroxyl groups is 1. The van der Waals surface area contributed by atoms with E-state index in [1.54, 1.807) is 7.11 Å². The molecule has 0 saturated heterocycles. The Bertz CT molecular complexity index is 3350. The van der Waals surface area contributed by atoms with Crippen LogP contribution in [0.15, 0.2) is 164 Å². The van der Waals surface area contributed by atoms with Crippen molar-refractivity contribution >= 4 is 67.5 Å². The molecular weight excluding hydrogens is 1020 g/mol. The maximum absolute atomic E-state index is 12.4. The van der Waals surface area contributed by atoms with E-state index in [0.717, 1.165) is 77.6 Å². The lowest BCUT2D eigenvalue weighted by atomic mass is 9.86. The summed E-state index contributed by atoms with van der Waals surface area (Å²) in [4.78, 5) is 37.1. The lowest BCUT2D eigenvalue weighted by molar-refractivity contribution is -0.117. The number of aromatic nitrogens is 3. The van der Waals surface area contributed by atoms with Gasteiger partial charge >= 0.3 is 0 Å². The Kier molecular flexibility index (Phi) is 21.4. The van der Waals surface area contributed by atoms with Crippen molar-refractivity contribution in [1.82, 2.24) is 13.7 Å². The fraction of sp³-hybridized carbons (Fsp3) is 0.366. The first-order chi connectivity index (χ1) is 39.1. The first kappa shape index (κ1) is 61.9. The van der Waals surface area contributed by atoms with Gasteiger partial charge in [-0.2, -0.15) is 0 Å². The summed E-state index contributed by atoms with van der Waals surface area (Å²) in [6.07, 6.45) is 10.8. The summed E-state index contributed by atoms with van der Waals surface area (Å²) in [7, 11) is 1.71. The third-order valence-corrected chi connectivity index (χ3v) is 14.9. The molecule has 0 aliphatic carbocycles. The quantitative estimate of drug-likeness (QED) is 0.0640. The number of fused-ring (bicyclic) bond motifs is 3. The Morgan fingerprint density at radius 2 is 0.780 bits per heavy atom. The van der Waals surface area contributed by atoms with Gasteiger partial charge in [0.25, 0.3) is 0 Å². The maximum Gasteiger partial charge on any atom is 0.224 e. The van der Waals surface area contributed by atoms with Crippen LogP contribution in [0.1, 0.15) is 128 Å². The predicted octanol–water partition coefficient (Wildman–Crippen LogP) is 15.6. The summed E-state index contributed by atoms with van der Waals surface area (Å²) in [5.41, 5.74) is 13.8. The van der Waals surface area contributed by atoms with E-state index in [9.17, 15) is 14.4 Å². The van der Waals surface area contributed by atoms with Crippen LogP contribution in [0.4, 0.5) is 17.1 Å². The molecule has 6 aromatic carbocycles. The summed E-state index contributed by atoms with van der Waals surface area (Å²) < 4.78 is 11.5. The van der Waals surface area contributed by atoms with Crippen molar-refractivity contribution in [3.05, 3.63) is 198 Å². The Labute approximate surface area is 487 Å². The number of carbonyl (C=O) groups is 3. The third-order valence-electron chi connectivity index (χ3n) is 14.9. The SMILES string of the molecule is CC(C)(C)c1ccc(CCC(=O)Nc2ccc3ccn(CCO)c3c2)cc1.CCCn1ccc2ccc(NC(=O)CCc3ccc(C(C)(C)C)cc3)cc21.COCCn1ccc2cc(NC(=O)CCc3ccc(C(C)(C)C)cc3)ccc21. The van der Waals surface area contributed by atoms with Crippen LogP contribution in [0, 0.1) is 0 Å². The minimum absolute atomic E-state index is 0.00881. The highest BCUT2D eigenvalue weighted by Gasteiger charge is 2.17. The number of aliphatic hydroxyl groups excluding tert-OH is 1. The van der Waals surface area contributed by atoms with Crippen LogP contribution >= 0.6 is 0 Å². The van der Waals surface area contributed by atoms with E-state index in [4.69, 9.17) is 9.84 Å². The first-order valence-electron chi connectivity index (χ1n) is 29.1. The van der Waals surface area contributed by atoms with E-state index < -0.39 is 0 Å². The highest BCUT2D eigenvalue weighted by molar-refractivity contribution is 5.96. The maximum atomic E-state index is 12.4.